The molecule has 0 fully saturated rings. The zero-order valence-electron chi connectivity index (χ0n) is 12.5. The lowest BCUT2D eigenvalue weighted by atomic mass is 10.2. The van der Waals surface area contributed by atoms with Gasteiger partial charge in [-0.25, -0.2) is 14.2 Å². The monoisotopic (exact) mass is 320 g/mol. The molecule has 0 aliphatic heterocycles. The fourth-order valence-corrected chi connectivity index (χ4v) is 1.80. The van der Waals surface area contributed by atoms with E-state index in [-0.39, 0.29) is 0 Å². The normalized spacial score (nSPS) is 10.6. The number of rotatable bonds is 5. The summed E-state index contributed by atoms with van der Waals surface area (Å²) in [6.45, 7) is 0. The first kappa shape index (κ1) is 16.4. The average molecular weight is 320 g/mol. The summed E-state index contributed by atoms with van der Waals surface area (Å²) in [5.41, 5.74) is 2.91. The van der Waals surface area contributed by atoms with E-state index >= 15 is 0 Å². The first-order valence-corrected chi connectivity index (χ1v) is 6.55. The molecule has 1 N–H and O–H groups in total. The highest BCUT2D eigenvalue weighted by Crippen LogP contribution is 2.27. The highest BCUT2D eigenvalue weighted by Gasteiger charge is 2.10. The predicted octanol–water partition coefficient (Wildman–Crippen LogP) is 2.75. The van der Waals surface area contributed by atoms with Gasteiger partial charge in [0.05, 0.1) is 20.4 Å². The summed E-state index contributed by atoms with van der Waals surface area (Å²) in [6.07, 6.45) is 1.21. The molecule has 0 spiro atoms. The van der Waals surface area contributed by atoms with Crippen molar-refractivity contribution in [1.29, 1.82) is 0 Å². The Labute approximate surface area is 131 Å². The molecule has 7 heteroatoms. The van der Waals surface area contributed by atoms with Crippen LogP contribution >= 0.6 is 0 Å². The second-order valence-electron chi connectivity index (χ2n) is 4.44. The van der Waals surface area contributed by atoms with Crippen LogP contribution in [0.3, 0.4) is 0 Å². The number of hydrogen-bond acceptors (Lipinski definition) is 4. The third-order valence-corrected chi connectivity index (χ3v) is 2.97. The van der Waals surface area contributed by atoms with Gasteiger partial charge in [0, 0.05) is 5.56 Å². The quantitative estimate of drug-likeness (QED) is 0.681. The lowest BCUT2D eigenvalue weighted by molar-refractivity contribution is 0.0954. The third kappa shape index (κ3) is 4.03. The predicted molar refractivity (Wildman–Crippen MR) is 81.0 cm³/mol. The van der Waals surface area contributed by atoms with Gasteiger partial charge in [-0.2, -0.15) is 5.10 Å². The number of halogens is 2. The number of carbonyl (C=O) groups excluding carboxylic acids is 1. The zero-order valence-corrected chi connectivity index (χ0v) is 12.5. The van der Waals surface area contributed by atoms with E-state index in [1.54, 1.807) is 12.1 Å². The molecule has 0 atom stereocenters. The van der Waals surface area contributed by atoms with Gasteiger partial charge in [-0.3, -0.25) is 4.79 Å². The number of methoxy groups -OCH3 is 2. The molecule has 0 saturated carbocycles. The van der Waals surface area contributed by atoms with E-state index in [9.17, 15) is 13.6 Å². The van der Waals surface area contributed by atoms with Crippen molar-refractivity contribution in [3.63, 3.8) is 0 Å². The first-order chi connectivity index (χ1) is 11.0. The Morgan fingerprint density at radius 2 is 1.78 bits per heavy atom. The van der Waals surface area contributed by atoms with Crippen molar-refractivity contribution in [2.75, 3.05) is 14.2 Å². The van der Waals surface area contributed by atoms with Gasteiger partial charge >= 0.3 is 0 Å². The Kier molecular flexibility index (Phi) is 5.24. The molecule has 5 nitrogen and oxygen atoms in total. The summed E-state index contributed by atoms with van der Waals surface area (Å²) in [4.78, 5) is 12.0. The van der Waals surface area contributed by atoms with Crippen LogP contribution in [0.15, 0.2) is 41.5 Å². The Morgan fingerprint density at radius 3 is 2.43 bits per heavy atom. The molecule has 120 valence electrons. The van der Waals surface area contributed by atoms with Crippen LogP contribution in [0.5, 0.6) is 11.5 Å². The van der Waals surface area contributed by atoms with Crippen LogP contribution in [-0.2, 0) is 0 Å². The van der Waals surface area contributed by atoms with Gasteiger partial charge in [-0.15, -0.1) is 0 Å². The van der Waals surface area contributed by atoms with E-state index in [1.807, 2.05) is 0 Å². The van der Waals surface area contributed by atoms with Crippen LogP contribution in [0.4, 0.5) is 8.78 Å². The molecule has 2 aromatic rings. The molecule has 2 rings (SSSR count). The highest BCUT2D eigenvalue weighted by atomic mass is 19.2. The van der Waals surface area contributed by atoms with Crippen LogP contribution < -0.4 is 14.9 Å². The average Bonchev–Trinajstić information content (AvgIpc) is 2.57. The van der Waals surface area contributed by atoms with Crippen LogP contribution in [0.1, 0.15) is 15.9 Å². The summed E-state index contributed by atoms with van der Waals surface area (Å²) in [7, 11) is 2.95. The van der Waals surface area contributed by atoms with E-state index in [1.165, 1.54) is 32.6 Å². The van der Waals surface area contributed by atoms with Crippen LogP contribution in [0, 0.1) is 11.6 Å². The summed E-state index contributed by atoms with van der Waals surface area (Å²) in [5, 5.41) is 3.70. The van der Waals surface area contributed by atoms with Crippen molar-refractivity contribution >= 4 is 12.1 Å². The molecule has 0 aliphatic carbocycles. The van der Waals surface area contributed by atoms with Crippen LogP contribution in [-0.4, -0.2) is 26.3 Å². The fraction of sp³-hybridized carbons (Fsp3) is 0.125. The molecule has 0 heterocycles. The van der Waals surface area contributed by atoms with Crippen molar-refractivity contribution in [2.24, 2.45) is 5.10 Å². The summed E-state index contributed by atoms with van der Waals surface area (Å²) in [5.74, 6) is -1.51. The second-order valence-corrected chi connectivity index (χ2v) is 4.44. The third-order valence-electron chi connectivity index (χ3n) is 2.97. The molecule has 0 aromatic heterocycles. The Hall–Kier alpha value is -2.96. The number of ether oxygens (including phenoxy) is 2. The summed E-state index contributed by atoms with van der Waals surface area (Å²) in [6, 6.07) is 7.93. The number of amides is 1. The zero-order chi connectivity index (χ0) is 16.8. The van der Waals surface area contributed by atoms with Gasteiger partial charge in [-0.05, 0) is 35.9 Å². The molecule has 0 radical (unpaired) electrons. The lowest BCUT2D eigenvalue weighted by Crippen LogP contribution is -2.17. The van der Waals surface area contributed by atoms with Gasteiger partial charge in [-0.1, -0.05) is 6.07 Å². The van der Waals surface area contributed by atoms with Crippen LogP contribution in [0.2, 0.25) is 0 Å². The maximum absolute atomic E-state index is 13.0. The van der Waals surface area contributed by atoms with Gasteiger partial charge < -0.3 is 9.47 Å². The minimum absolute atomic E-state index is 0.310. The minimum atomic E-state index is -0.986. The maximum Gasteiger partial charge on any atom is 0.271 e. The highest BCUT2D eigenvalue weighted by molar-refractivity contribution is 5.95. The SMILES string of the molecule is COc1ccc(C(=O)N/N=C\c2ccc(F)c(F)c2)cc1OC. The summed E-state index contributed by atoms with van der Waals surface area (Å²) >= 11 is 0. The number of carbonyl (C=O) groups is 1. The largest absolute Gasteiger partial charge is 0.493 e. The standard InChI is InChI=1S/C16H14F2N2O3/c1-22-14-6-4-11(8-15(14)23-2)16(21)20-19-9-10-3-5-12(17)13(18)7-10/h3-9H,1-2H3,(H,20,21)/b19-9-. The Balaban J connectivity index is 2.07. The molecule has 0 bridgehead atoms. The van der Waals surface area contributed by atoms with E-state index < -0.39 is 17.5 Å². The molecule has 1 amide bonds. The van der Waals surface area contributed by atoms with Crippen molar-refractivity contribution in [1.82, 2.24) is 5.43 Å². The number of nitrogens with one attached hydrogen (secondary N) is 1. The molecule has 0 unspecified atom stereocenters. The fourth-order valence-electron chi connectivity index (χ4n) is 1.80. The van der Waals surface area contributed by atoms with Crippen LogP contribution in [0.25, 0.3) is 0 Å². The molecule has 0 aliphatic rings. The van der Waals surface area contributed by atoms with E-state index in [0.29, 0.717) is 22.6 Å². The molecule has 2 aromatic carbocycles. The smallest absolute Gasteiger partial charge is 0.271 e. The molecule has 23 heavy (non-hydrogen) atoms. The second kappa shape index (κ2) is 7.35. The van der Waals surface area contributed by atoms with Crippen molar-refractivity contribution < 1.29 is 23.0 Å². The van der Waals surface area contributed by atoms with Crippen molar-refractivity contribution in [3.05, 3.63) is 59.2 Å². The van der Waals surface area contributed by atoms with E-state index in [2.05, 4.69) is 10.5 Å². The number of benzene rings is 2. The molecular weight excluding hydrogens is 306 g/mol. The molecule has 0 saturated heterocycles. The first-order valence-electron chi connectivity index (χ1n) is 6.55. The van der Waals surface area contributed by atoms with E-state index in [0.717, 1.165) is 12.1 Å². The maximum atomic E-state index is 13.0. The van der Waals surface area contributed by atoms with Gasteiger partial charge in [0.25, 0.3) is 5.91 Å². The topological polar surface area (TPSA) is 59.9 Å². The summed E-state index contributed by atoms with van der Waals surface area (Å²) < 4.78 is 36.0. The number of hydrazone groups is 1. The lowest BCUT2D eigenvalue weighted by Gasteiger charge is -2.08. The molecular formula is C16H14F2N2O3. The van der Waals surface area contributed by atoms with E-state index in [4.69, 9.17) is 9.47 Å². The minimum Gasteiger partial charge on any atom is -0.493 e. The van der Waals surface area contributed by atoms with Gasteiger partial charge in [0.1, 0.15) is 0 Å². The van der Waals surface area contributed by atoms with Crippen molar-refractivity contribution in [2.45, 2.75) is 0 Å². The Morgan fingerprint density at radius 1 is 1.04 bits per heavy atom. The number of nitrogens with zero attached hydrogens (tertiary/aromatic N) is 1. The van der Waals surface area contributed by atoms with Crippen molar-refractivity contribution in [3.8, 4) is 11.5 Å². The number of hydrogen-bond donors (Lipinski definition) is 1. The van der Waals surface area contributed by atoms with Gasteiger partial charge in [0.2, 0.25) is 0 Å². The Bertz CT molecular complexity index is 748. The van der Waals surface area contributed by atoms with Gasteiger partial charge in [0.15, 0.2) is 23.1 Å².